The largest absolute Gasteiger partial charge is 0.378 e. The van der Waals surface area contributed by atoms with Crippen LogP contribution in [0.5, 0.6) is 0 Å². The van der Waals surface area contributed by atoms with E-state index >= 15 is 0 Å². The molecule has 0 spiro atoms. The van der Waals surface area contributed by atoms with Crippen LogP contribution in [-0.4, -0.2) is 52.4 Å². The van der Waals surface area contributed by atoms with Gasteiger partial charge < -0.3 is 15.0 Å². The van der Waals surface area contributed by atoms with E-state index in [9.17, 15) is 5.21 Å². The second-order valence-corrected chi connectivity index (χ2v) is 6.72. The maximum absolute atomic E-state index is 9.47. The van der Waals surface area contributed by atoms with Gasteiger partial charge in [-0.1, -0.05) is 23.2 Å². The Morgan fingerprint density at radius 1 is 1.26 bits per heavy atom. The van der Waals surface area contributed by atoms with Crippen molar-refractivity contribution in [2.24, 2.45) is 4.99 Å². The second kappa shape index (κ2) is 9.25. The molecule has 1 aromatic heterocycles. The molecule has 3 N–H and O–H groups in total. The van der Waals surface area contributed by atoms with Gasteiger partial charge in [-0.2, -0.15) is 4.99 Å². The fraction of sp³-hybridized carbons (Fsp3) is 0.250. The van der Waals surface area contributed by atoms with Crippen molar-refractivity contribution in [1.29, 1.82) is 0 Å². The van der Waals surface area contributed by atoms with Crippen LogP contribution in [0.3, 0.4) is 0 Å². The van der Waals surface area contributed by atoms with Crippen molar-refractivity contribution in [1.82, 2.24) is 15.4 Å². The average Bonchev–Trinajstić information content (AvgIpc) is 2.69. The smallest absolute Gasteiger partial charge is 0.199 e. The molecule has 0 amide bonds. The van der Waals surface area contributed by atoms with E-state index in [1.807, 2.05) is 10.4 Å². The minimum Gasteiger partial charge on any atom is -0.378 e. The molecule has 0 radical (unpaired) electrons. The number of nitrogens with one attached hydrogen (secondary N) is 2. The molecule has 0 saturated carbocycles. The third-order valence-corrected chi connectivity index (χ3v) is 4.43. The summed E-state index contributed by atoms with van der Waals surface area (Å²) in [5, 5.41) is 13.3. The molecule has 0 unspecified atom stereocenters. The first kappa shape index (κ1) is 19.7. The van der Waals surface area contributed by atoms with Crippen LogP contribution in [0.1, 0.15) is 5.69 Å². The zero-order valence-electron chi connectivity index (χ0n) is 14.0. The Hall–Kier alpha value is -2.04. The van der Waals surface area contributed by atoms with Crippen LogP contribution >= 0.6 is 35.4 Å². The molecule has 1 aromatic carbocycles. The summed E-state index contributed by atoms with van der Waals surface area (Å²) >= 11 is 17.2. The molecule has 0 bridgehead atoms. The molecule has 8 nitrogen and oxygen atoms in total. The lowest BCUT2D eigenvalue weighted by Crippen LogP contribution is -2.37. The molecule has 2 heterocycles. The Kier molecular flexibility index (Phi) is 6.75. The molecule has 142 valence electrons. The number of aliphatic imine (C=N–C) groups is 1. The van der Waals surface area contributed by atoms with Crippen LogP contribution < -0.4 is 15.7 Å². The highest BCUT2D eigenvalue weighted by atomic mass is 35.5. The minimum atomic E-state index is 0.0557. The summed E-state index contributed by atoms with van der Waals surface area (Å²) in [5.41, 5.74) is 2.89. The summed E-state index contributed by atoms with van der Waals surface area (Å²) in [7, 11) is 0. The molecule has 2 aromatic rings. The summed E-state index contributed by atoms with van der Waals surface area (Å²) in [6.45, 7) is 2.68. The lowest BCUT2D eigenvalue weighted by Gasteiger charge is -2.27. The Labute approximate surface area is 171 Å². The topological polar surface area (TPSA) is 94.9 Å². The number of hydroxylamine groups is 1. The van der Waals surface area contributed by atoms with Crippen LogP contribution in [0.4, 0.5) is 11.5 Å². The molecule has 1 saturated heterocycles. The van der Waals surface area contributed by atoms with Gasteiger partial charge in [0.1, 0.15) is 11.5 Å². The summed E-state index contributed by atoms with van der Waals surface area (Å²) < 4.78 is 5.34. The number of amidine groups is 1. The SMILES string of the molecule is ON/C(=N\C(=S)Nc1ccc(Cl)cc1Cl)c1cncc(N2CCOCC2)n1. The molecule has 1 aliphatic heterocycles. The fourth-order valence-corrected chi connectivity index (χ4v) is 3.05. The highest BCUT2D eigenvalue weighted by Crippen LogP contribution is 2.25. The van der Waals surface area contributed by atoms with E-state index in [2.05, 4.69) is 20.3 Å². The number of hydrogen-bond acceptors (Lipinski definition) is 6. The van der Waals surface area contributed by atoms with Gasteiger partial charge in [-0.15, -0.1) is 0 Å². The maximum atomic E-state index is 9.47. The first-order valence-corrected chi connectivity index (χ1v) is 9.13. The van der Waals surface area contributed by atoms with Crippen molar-refractivity contribution in [2.45, 2.75) is 0 Å². The summed E-state index contributed by atoms with van der Waals surface area (Å²) in [6.07, 6.45) is 3.12. The van der Waals surface area contributed by atoms with E-state index < -0.39 is 0 Å². The number of thiocarbonyl (C=S) groups is 1. The number of ether oxygens (including phenoxy) is 1. The van der Waals surface area contributed by atoms with Crippen LogP contribution in [0.15, 0.2) is 35.6 Å². The van der Waals surface area contributed by atoms with Crippen molar-refractivity contribution in [2.75, 3.05) is 36.5 Å². The summed E-state index contributed by atoms with van der Waals surface area (Å²) in [4.78, 5) is 14.8. The zero-order chi connectivity index (χ0) is 19.2. The van der Waals surface area contributed by atoms with E-state index in [0.717, 1.165) is 0 Å². The quantitative estimate of drug-likeness (QED) is 0.298. The van der Waals surface area contributed by atoms with Crippen molar-refractivity contribution < 1.29 is 9.94 Å². The predicted octanol–water partition coefficient (Wildman–Crippen LogP) is 2.74. The molecular weight excluding hydrogens is 411 g/mol. The molecular formula is C16H16Cl2N6O2S. The Bertz CT molecular complexity index is 861. The van der Waals surface area contributed by atoms with Crippen molar-refractivity contribution in [3.05, 3.63) is 46.3 Å². The third-order valence-electron chi connectivity index (χ3n) is 3.69. The highest BCUT2D eigenvalue weighted by Gasteiger charge is 2.15. The molecule has 3 rings (SSSR count). The second-order valence-electron chi connectivity index (χ2n) is 5.49. The standard InChI is InChI=1S/C16H16Cl2N6O2S/c17-10-1-2-12(11(18)7-10)21-16(27)22-15(23-25)13-8-19-9-14(20-13)24-3-5-26-6-4-24/h1-2,7-9,25H,3-6H2,(H2,21,22,23,27). The fourth-order valence-electron chi connectivity index (χ4n) is 2.39. The Balaban J connectivity index is 1.78. The normalized spacial score (nSPS) is 14.8. The number of benzene rings is 1. The molecule has 0 aliphatic carbocycles. The lowest BCUT2D eigenvalue weighted by atomic mass is 10.3. The maximum Gasteiger partial charge on any atom is 0.199 e. The van der Waals surface area contributed by atoms with E-state index in [1.54, 1.807) is 24.4 Å². The monoisotopic (exact) mass is 426 g/mol. The Morgan fingerprint density at radius 3 is 2.74 bits per heavy atom. The summed E-state index contributed by atoms with van der Waals surface area (Å²) in [5.74, 6) is 0.721. The number of anilines is 2. The van der Waals surface area contributed by atoms with Gasteiger partial charge in [0.15, 0.2) is 10.9 Å². The van der Waals surface area contributed by atoms with E-state index in [-0.39, 0.29) is 10.9 Å². The molecule has 27 heavy (non-hydrogen) atoms. The van der Waals surface area contributed by atoms with Gasteiger partial charge in [-0.05, 0) is 30.4 Å². The van der Waals surface area contributed by atoms with Gasteiger partial charge >= 0.3 is 0 Å². The number of morpholine rings is 1. The molecule has 1 fully saturated rings. The van der Waals surface area contributed by atoms with Crippen LogP contribution in [0.2, 0.25) is 10.0 Å². The van der Waals surface area contributed by atoms with Crippen LogP contribution in [-0.2, 0) is 4.74 Å². The van der Waals surface area contributed by atoms with Crippen LogP contribution in [0.25, 0.3) is 0 Å². The molecule has 1 aliphatic rings. The highest BCUT2D eigenvalue weighted by molar-refractivity contribution is 7.80. The predicted molar refractivity (Wildman–Crippen MR) is 109 cm³/mol. The number of aromatic nitrogens is 2. The van der Waals surface area contributed by atoms with Gasteiger partial charge in [0.05, 0.1) is 36.3 Å². The Morgan fingerprint density at radius 2 is 2.04 bits per heavy atom. The minimum absolute atomic E-state index is 0.0557. The molecule has 11 heteroatoms. The molecule has 0 atom stereocenters. The number of rotatable bonds is 3. The van der Waals surface area contributed by atoms with Gasteiger partial charge in [0, 0.05) is 18.1 Å². The lowest BCUT2D eigenvalue weighted by molar-refractivity contribution is 0.122. The van der Waals surface area contributed by atoms with Gasteiger partial charge in [0.2, 0.25) is 0 Å². The number of halogens is 2. The van der Waals surface area contributed by atoms with Crippen LogP contribution in [0, 0.1) is 0 Å². The first-order chi connectivity index (χ1) is 13.1. The van der Waals surface area contributed by atoms with Crippen molar-refractivity contribution in [3.8, 4) is 0 Å². The average molecular weight is 427 g/mol. The zero-order valence-corrected chi connectivity index (χ0v) is 16.4. The number of hydrogen-bond donors (Lipinski definition) is 3. The number of nitrogens with zero attached hydrogens (tertiary/aromatic N) is 4. The van der Waals surface area contributed by atoms with E-state index in [0.29, 0.717) is 53.5 Å². The first-order valence-electron chi connectivity index (χ1n) is 7.97. The van der Waals surface area contributed by atoms with E-state index in [4.69, 9.17) is 40.2 Å². The van der Waals surface area contributed by atoms with Crippen molar-refractivity contribution >= 4 is 57.9 Å². The van der Waals surface area contributed by atoms with Gasteiger partial charge in [-0.3, -0.25) is 15.7 Å². The van der Waals surface area contributed by atoms with Crippen molar-refractivity contribution in [3.63, 3.8) is 0 Å². The third kappa shape index (κ3) is 5.24. The summed E-state index contributed by atoms with van der Waals surface area (Å²) in [6, 6.07) is 4.93. The van der Waals surface area contributed by atoms with E-state index in [1.165, 1.54) is 6.20 Å². The van der Waals surface area contributed by atoms with Gasteiger partial charge in [-0.25, -0.2) is 4.98 Å². The van der Waals surface area contributed by atoms with Gasteiger partial charge in [0.25, 0.3) is 0 Å².